The number of para-hydroxylation sites is 1. The maximum Gasteiger partial charge on any atom is 0.308 e. The third kappa shape index (κ3) is 4.42. The van der Waals surface area contributed by atoms with Gasteiger partial charge in [-0.3, -0.25) is 14.5 Å². The van der Waals surface area contributed by atoms with Gasteiger partial charge in [0, 0.05) is 45.2 Å². The number of aliphatic carboxylic acids is 1. The molecule has 0 bridgehead atoms. The monoisotopic (exact) mass is 375 g/mol. The molecule has 0 spiro atoms. The molecule has 0 aliphatic carbocycles. The molecule has 0 saturated carbocycles. The number of likely N-dealkylation sites (tertiary alicyclic amines) is 1. The Hall–Kier alpha value is -2.12. The van der Waals surface area contributed by atoms with E-state index in [9.17, 15) is 14.7 Å². The van der Waals surface area contributed by atoms with Crippen LogP contribution < -0.4 is 4.74 Å². The Kier molecular flexibility index (Phi) is 6.34. The fourth-order valence-corrected chi connectivity index (χ4v) is 4.10. The fraction of sp³-hybridized carbons (Fsp3) is 0.600. The first-order valence-corrected chi connectivity index (χ1v) is 9.61. The highest BCUT2D eigenvalue weighted by molar-refractivity contribution is 5.81. The van der Waals surface area contributed by atoms with Crippen molar-refractivity contribution >= 4 is 11.9 Å². The van der Waals surface area contributed by atoms with Gasteiger partial charge in [-0.2, -0.15) is 0 Å². The van der Waals surface area contributed by atoms with Crippen LogP contribution in [-0.4, -0.2) is 91.2 Å². The Morgan fingerprint density at radius 1 is 1.11 bits per heavy atom. The molecule has 0 unspecified atom stereocenters. The lowest BCUT2D eigenvalue weighted by Crippen LogP contribution is -2.49. The van der Waals surface area contributed by atoms with Crippen LogP contribution in [0.4, 0.5) is 0 Å². The van der Waals surface area contributed by atoms with E-state index in [2.05, 4.69) is 16.7 Å². The second-order valence-electron chi connectivity index (χ2n) is 7.30. The average molecular weight is 375 g/mol. The lowest BCUT2D eigenvalue weighted by molar-refractivity contribution is -0.142. The molecule has 2 aliphatic rings. The number of ether oxygens (including phenoxy) is 1. The molecule has 27 heavy (non-hydrogen) atoms. The van der Waals surface area contributed by atoms with Gasteiger partial charge in [-0.05, 0) is 18.2 Å². The summed E-state index contributed by atoms with van der Waals surface area (Å²) in [4.78, 5) is 30.9. The molecule has 148 valence electrons. The minimum atomic E-state index is -0.863. The first kappa shape index (κ1) is 19.6. The number of piperazine rings is 1. The molecule has 1 aromatic carbocycles. The standard InChI is InChI=1S/C20H29N3O4/c1-3-21-8-10-22(11-9-21)14-19(24)23-12-16(17(13-23)20(25)26)15-6-4-5-7-18(15)27-2/h4-7,16-17H,3,8-14H2,1-2H3,(H,25,26)/t16-,17+/m0/s1. The van der Waals surface area contributed by atoms with Crippen molar-refractivity contribution in [1.29, 1.82) is 0 Å². The van der Waals surface area contributed by atoms with Crippen LogP contribution in [0, 0.1) is 5.92 Å². The van der Waals surface area contributed by atoms with Crippen LogP contribution in [0.1, 0.15) is 18.4 Å². The highest BCUT2D eigenvalue weighted by atomic mass is 16.5. The van der Waals surface area contributed by atoms with Gasteiger partial charge in [-0.25, -0.2) is 0 Å². The number of methoxy groups -OCH3 is 1. The number of nitrogens with zero attached hydrogens (tertiary/aromatic N) is 3. The number of amides is 1. The molecule has 0 aromatic heterocycles. The smallest absolute Gasteiger partial charge is 0.308 e. The number of benzene rings is 1. The van der Waals surface area contributed by atoms with Crippen LogP contribution in [0.3, 0.4) is 0 Å². The van der Waals surface area contributed by atoms with Crippen molar-refractivity contribution in [3.63, 3.8) is 0 Å². The first-order valence-electron chi connectivity index (χ1n) is 9.61. The minimum Gasteiger partial charge on any atom is -0.496 e. The number of likely N-dealkylation sites (N-methyl/N-ethyl adjacent to an activating group) is 1. The van der Waals surface area contributed by atoms with E-state index in [1.54, 1.807) is 12.0 Å². The summed E-state index contributed by atoms with van der Waals surface area (Å²) in [6.45, 7) is 7.94. The highest BCUT2D eigenvalue weighted by Gasteiger charge is 2.41. The molecule has 0 radical (unpaired) electrons. The molecular formula is C20H29N3O4. The van der Waals surface area contributed by atoms with Gasteiger partial charge in [-0.15, -0.1) is 0 Å². The van der Waals surface area contributed by atoms with E-state index in [-0.39, 0.29) is 18.4 Å². The Morgan fingerprint density at radius 3 is 2.41 bits per heavy atom. The van der Waals surface area contributed by atoms with E-state index < -0.39 is 11.9 Å². The summed E-state index contributed by atoms with van der Waals surface area (Å²) in [6, 6.07) is 7.49. The Labute approximate surface area is 160 Å². The molecule has 2 aliphatic heterocycles. The number of hydrogen-bond donors (Lipinski definition) is 1. The summed E-state index contributed by atoms with van der Waals surface area (Å²) < 4.78 is 5.41. The van der Waals surface area contributed by atoms with Crippen molar-refractivity contribution in [2.24, 2.45) is 5.92 Å². The molecule has 7 heteroatoms. The van der Waals surface area contributed by atoms with Crippen molar-refractivity contribution in [3.8, 4) is 5.75 Å². The first-order chi connectivity index (χ1) is 13.0. The quantitative estimate of drug-likeness (QED) is 0.798. The molecule has 1 aromatic rings. The topological polar surface area (TPSA) is 73.3 Å². The molecule has 2 heterocycles. The van der Waals surface area contributed by atoms with Crippen molar-refractivity contribution in [3.05, 3.63) is 29.8 Å². The molecule has 1 amide bonds. The van der Waals surface area contributed by atoms with E-state index in [4.69, 9.17) is 4.74 Å². The SMILES string of the molecule is CCN1CCN(CC(=O)N2C[C@@H](C(=O)O)[C@H](c3ccccc3OC)C2)CC1. The maximum absolute atomic E-state index is 12.8. The zero-order valence-electron chi connectivity index (χ0n) is 16.1. The van der Waals surface area contributed by atoms with Gasteiger partial charge in [0.15, 0.2) is 0 Å². The van der Waals surface area contributed by atoms with E-state index in [0.29, 0.717) is 18.8 Å². The minimum absolute atomic E-state index is 0.0172. The second kappa shape index (κ2) is 8.71. The third-order valence-corrected chi connectivity index (χ3v) is 5.80. The number of carbonyl (C=O) groups is 2. The maximum atomic E-state index is 12.8. The molecule has 2 fully saturated rings. The number of carboxylic acids is 1. The van der Waals surface area contributed by atoms with Crippen LogP contribution in [0.5, 0.6) is 5.75 Å². The van der Waals surface area contributed by atoms with Gasteiger partial charge in [0.25, 0.3) is 0 Å². The van der Waals surface area contributed by atoms with Gasteiger partial charge in [0.05, 0.1) is 19.6 Å². The largest absolute Gasteiger partial charge is 0.496 e. The lowest BCUT2D eigenvalue weighted by Gasteiger charge is -2.34. The van der Waals surface area contributed by atoms with Gasteiger partial charge in [-0.1, -0.05) is 25.1 Å². The van der Waals surface area contributed by atoms with E-state index >= 15 is 0 Å². The van der Waals surface area contributed by atoms with Crippen LogP contribution in [0.2, 0.25) is 0 Å². The lowest BCUT2D eigenvalue weighted by atomic mass is 9.88. The van der Waals surface area contributed by atoms with Gasteiger partial charge < -0.3 is 19.6 Å². The molecule has 2 saturated heterocycles. The Morgan fingerprint density at radius 2 is 1.78 bits per heavy atom. The molecular weight excluding hydrogens is 346 g/mol. The molecule has 1 N–H and O–H groups in total. The number of hydrogen-bond acceptors (Lipinski definition) is 5. The summed E-state index contributed by atoms with van der Waals surface area (Å²) in [7, 11) is 1.59. The molecule has 7 nitrogen and oxygen atoms in total. The Balaban J connectivity index is 1.67. The summed E-state index contributed by atoms with van der Waals surface area (Å²) in [5, 5.41) is 9.69. The third-order valence-electron chi connectivity index (χ3n) is 5.80. The molecule has 2 atom stereocenters. The van der Waals surface area contributed by atoms with Gasteiger partial charge in [0.2, 0.25) is 5.91 Å². The zero-order chi connectivity index (χ0) is 19.4. The Bertz CT molecular complexity index is 673. The van der Waals surface area contributed by atoms with Crippen LogP contribution in [-0.2, 0) is 9.59 Å². The van der Waals surface area contributed by atoms with Crippen molar-refractivity contribution in [2.75, 3.05) is 59.5 Å². The summed E-state index contributed by atoms with van der Waals surface area (Å²) >= 11 is 0. The fourth-order valence-electron chi connectivity index (χ4n) is 4.10. The van der Waals surface area contributed by atoms with Gasteiger partial charge in [0.1, 0.15) is 5.75 Å². The van der Waals surface area contributed by atoms with Crippen molar-refractivity contribution in [1.82, 2.24) is 14.7 Å². The predicted molar refractivity (Wildman–Crippen MR) is 102 cm³/mol. The van der Waals surface area contributed by atoms with E-state index in [1.165, 1.54) is 0 Å². The number of carboxylic acid groups (broad SMARTS) is 1. The summed E-state index contributed by atoms with van der Waals surface area (Å²) in [5.41, 5.74) is 0.860. The van der Waals surface area contributed by atoms with Crippen LogP contribution in [0.15, 0.2) is 24.3 Å². The van der Waals surface area contributed by atoms with E-state index in [0.717, 1.165) is 38.3 Å². The van der Waals surface area contributed by atoms with Crippen molar-refractivity contribution < 1.29 is 19.4 Å². The summed E-state index contributed by atoms with van der Waals surface area (Å²) in [6.07, 6.45) is 0. The predicted octanol–water partition coefficient (Wildman–Crippen LogP) is 0.959. The average Bonchev–Trinajstić information content (AvgIpc) is 3.14. The van der Waals surface area contributed by atoms with Crippen LogP contribution in [0.25, 0.3) is 0 Å². The van der Waals surface area contributed by atoms with Gasteiger partial charge >= 0.3 is 5.97 Å². The zero-order valence-corrected chi connectivity index (χ0v) is 16.1. The highest BCUT2D eigenvalue weighted by Crippen LogP contribution is 2.37. The number of carbonyl (C=O) groups excluding carboxylic acids is 1. The molecule has 3 rings (SSSR count). The summed E-state index contributed by atoms with van der Waals surface area (Å²) in [5.74, 6) is -1.03. The number of rotatable bonds is 6. The normalized spacial score (nSPS) is 24.1. The van der Waals surface area contributed by atoms with Crippen molar-refractivity contribution in [2.45, 2.75) is 12.8 Å². The van der Waals surface area contributed by atoms with Crippen LogP contribution >= 0.6 is 0 Å². The second-order valence-corrected chi connectivity index (χ2v) is 7.30. The van der Waals surface area contributed by atoms with E-state index in [1.807, 2.05) is 24.3 Å².